The molecule has 0 aliphatic rings. The summed E-state index contributed by atoms with van der Waals surface area (Å²) in [5, 5.41) is 4.52. The first-order valence-corrected chi connectivity index (χ1v) is 9.85. The van der Waals surface area contributed by atoms with Gasteiger partial charge in [0.05, 0.1) is 5.52 Å². The van der Waals surface area contributed by atoms with Crippen molar-refractivity contribution in [3.05, 3.63) is 101 Å². The van der Waals surface area contributed by atoms with Gasteiger partial charge in [-0.1, -0.05) is 42.0 Å². The Kier molecular flexibility index (Phi) is 5.40. The van der Waals surface area contributed by atoms with Crippen LogP contribution in [-0.2, 0) is 6.42 Å². The van der Waals surface area contributed by atoms with Gasteiger partial charge in [0.1, 0.15) is 0 Å². The van der Waals surface area contributed by atoms with Crippen molar-refractivity contribution in [1.82, 2.24) is 4.98 Å². The van der Waals surface area contributed by atoms with Gasteiger partial charge in [0.25, 0.3) is 0 Å². The van der Waals surface area contributed by atoms with Crippen molar-refractivity contribution in [2.24, 2.45) is 0 Å². The Hall–Kier alpha value is -3.79. The molecule has 1 aromatic heterocycles. The number of Topliss-reactive ketones (excluding diaryl/α,β-unsaturated/α-hetero) is 2. The molecular weight excluding hydrogens is 372 g/mol. The zero-order valence-corrected chi connectivity index (χ0v) is 17.0. The summed E-state index contributed by atoms with van der Waals surface area (Å²) in [7, 11) is 0. The number of carbonyl (C=O) groups is 2. The van der Waals surface area contributed by atoms with Gasteiger partial charge in [0, 0.05) is 40.5 Å². The van der Waals surface area contributed by atoms with Crippen LogP contribution in [0.1, 0.15) is 38.8 Å². The Morgan fingerprint density at radius 1 is 0.900 bits per heavy atom. The van der Waals surface area contributed by atoms with Crippen LogP contribution in [0.2, 0.25) is 0 Å². The second-order valence-electron chi connectivity index (χ2n) is 7.44. The first kappa shape index (κ1) is 19.5. The Bertz CT molecular complexity index is 1240. The molecule has 0 aliphatic heterocycles. The van der Waals surface area contributed by atoms with Gasteiger partial charge < -0.3 is 5.32 Å². The van der Waals surface area contributed by atoms with E-state index in [4.69, 9.17) is 0 Å². The molecule has 30 heavy (non-hydrogen) atoms. The molecular formula is C26H22N2O2. The molecule has 0 aliphatic carbocycles. The van der Waals surface area contributed by atoms with Crippen molar-refractivity contribution in [2.75, 3.05) is 5.32 Å². The van der Waals surface area contributed by atoms with E-state index in [0.717, 1.165) is 27.8 Å². The van der Waals surface area contributed by atoms with Crippen LogP contribution in [0.15, 0.2) is 79.0 Å². The molecule has 4 aromatic rings. The molecule has 0 bridgehead atoms. The van der Waals surface area contributed by atoms with E-state index < -0.39 is 0 Å². The number of rotatable bonds is 6. The number of hydrogen-bond donors (Lipinski definition) is 1. The molecule has 0 radical (unpaired) electrons. The van der Waals surface area contributed by atoms with Crippen LogP contribution in [0.3, 0.4) is 0 Å². The third kappa shape index (κ3) is 4.28. The second kappa shape index (κ2) is 8.29. The maximum atomic E-state index is 12.6. The lowest BCUT2D eigenvalue weighted by atomic mass is 10.00. The van der Waals surface area contributed by atoms with Crippen molar-refractivity contribution >= 4 is 33.8 Å². The van der Waals surface area contributed by atoms with Gasteiger partial charge in [-0.3, -0.25) is 14.6 Å². The highest BCUT2D eigenvalue weighted by Gasteiger charge is 2.10. The molecule has 4 heteroatoms. The van der Waals surface area contributed by atoms with E-state index in [9.17, 15) is 9.59 Å². The lowest BCUT2D eigenvalue weighted by Gasteiger charge is -2.11. The Balaban J connectivity index is 1.50. The number of aryl methyl sites for hydroxylation is 1. The quantitative estimate of drug-likeness (QED) is 0.413. The summed E-state index contributed by atoms with van der Waals surface area (Å²) in [5.74, 6) is -0.0479. The fourth-order valence-electron chi connectivity index (χ4n) is 3.43. The predicted molar refractivity (Wildman–Crippen MR) is 121 cm³/mol. The average Bonchev–Trinajstić information content (AvgIpc) is 2.75. The van der Waals surface area contributed by atoms with E-state index in [1.165, 1.54) is 12.5 Å². The van der Waals surface area contributed by atoms with Crippen LogP contribution >= 0.6 is 0 Å². The van der Waals surface area contributed by atoms with Crippen LogP contribution < -0.4 is 5.32 Å². The first-order valence-electron chi connectivity index (χ1n) is 9.85. The standard InChI is InChI=1S/C26H22N2O2/c1-17-6-11-24-23(14-17)25(12-13-27-24)28-22-9-7-19(8-10-22)15-26(30)21-5-3-4-20(16-21)18(2)29/h3-14,16H,15H2,1-2H3,(H,27,28). The largest absolute Gasteiger partial charge is 0.355 e. The van der Waals surface area contributed by atoms with Crippen molar-refractivity contribution in [3.8, 4) is 0 Å². The minimum Gasteiger partial charge on any atom is -0.355 e. The molecule has 4 nitrogen and oxygen atoms in total. The number of nitrogens with zero attached hydrogens (tertiary/aromatic N) is 1. The number of fused-ring (bicyclic) bond motifs is 1. The van der Waals surface area contributed by atoms with Gasteiger partial charge in [0.15, 0.2) is 11.6 Å². The summed E-state index contributed by atoms with van der Waals surface area (Å²) >= 11 is 0. The lowest BCUT2D eigenvalue weighted by Crippen LogP contribution is -2.05. The Morgan fingerprint density at radius 3 is 2.43 bits per heavy atom. The van der Waals surface area contributed by atoms with Gasteiger partial charge in [-0.2, -0.15) is 0 Å². The average molecular weight is 394 g/mol. The number of aromatic nitrogens is 1. The van der Waals surface area contributed by atoms with Gasteiger partial charge in [0.2, 0.25) is 0 Å². The third-order valence-corrected chi connectivity index (χ3v) is 5.09. The minimum atomic E-state index is -0.0427. The Labute approximate surface area is 175 Å². The molecule has 0 saturated heterocycles. The van der Waals surface area contributed by atoms with E-state index in [0.29, 0.717) is 17.5 Å². The highest BCUT2D eigenvalue weighted by Crippen LogP contribution is 2.26. The van der Waals surface area contributed by atoms with E-state index in [1.54, 1.807) is 30.5 Å². The molecule has 148 valence electrons. The predicted octanol–water partition coefficient (Wildman–Crippen LogP) is 5.91. The summed E-state index contributed by atoms with van der Waals surface area (Å²) in [4.78, 5) is 28.6. The lowest BCUT2D eigenvalue weighted by molar-refractivity contribution is 0.0993. The van der Waals surface area contributed by atoms with E-state index in [2.05, 4.69) is 29.4 Å². The van der Waals surface area contributed by atoms with Crippen molar-refractivity contribution < 1.29 is 9.59 Å². The van der Waals surface area contributed by atoms with Gasteiger partial charge >= 0.3 is 0 Å². The number of carbonyl (C=O) groups excluding carboxylic acids is 2. The maximum absolute atomic E-state index is 12.6. The summed E-state index contributed by atoms with van der Waals surface area (Å²) in [6, 6.07) is 22.9. The molecule has 1 N–H and O–H groups in total. The summed E-state index contributed by atoms with van der Waals surface area (Å²) in [6.45, 7) is 3.57. The number of anilines is 2. The molecule has 0 spiro atoms. The summed E-state index contributed by atoms with van der Waals surface area (Å²) < 4.78 is 0. The summed E-state index contributed by atoms with van der Waals surface area (Å²) in [6.07, 6.45) is 2.08. The highest BCUT2D eigenvalue weighted by molar-refractivity contribution is 6.01. The number of ketones is 2. The topological polar surface area (TPSA) is 59.1 Å². The smallest absolute Gasteiger partial charge is 0.167 e. The zero-order valence-electron chi connectivity index (χ0n) is 17.0. The van der Waals surface area contributed by atoms with Crippen LogP contribution in [0.4, 0.5) is 11.4 Å². The van der Waals surface area contributed by atoms with E-state index in [1.807, 2.05) is 36.4 Å². The molecule has 0 fully saturated rings. The van der Waals surface area contributed by atoms with Gasteiger partial charge in [-0.25, -0.2) is 0 Å². The Morgan fingerprint density at radius 2 is 1.67 bits per heavy atom. The van der Waals surface area contributed by atoms with Gasteiger partial charge in [-0.15, -0.1) is 0 Å². The fourth-order valence-corrected chi connectivity index (χ4v) is 3.43. The first-order chi connectivity index (χ1) is 14.5. The monoisotopic (exact) mass is 394 g/mol. The van der Waals surface area contributed by atoms with Crippen molar-refractivity contribution in [2.45, 2.75) is 20.3 Å². The van der Waals surface area contributed by atoms with Crippen molar-refractivity contribution in [3.63, 3.8) is 0 Å². The van der Waals surface area contributed by atoms with E-state index in [-0.39, 0.29) is 11.6 Å². The normalized spacial score (nSPS) is 10.7. The van der Waals surface area contributed by atoms with Crippen molar-refractivity contribution in [1.29, 1.82) is 0 Å². The number of hydrogen-bond acceptors (Lipinski definition) is 4. The van der Waals surface area contributed by atoms with Crippen LogP contribution in [0, 0.1) is 6.92 Å². The van der Waals surface area contributed by atoms with E-state index >= 15 is 0 Å². The second-order valence-corrected chi connectivity index (χ2v) is 7.44. The van der Waals surface area contributed by atoms with Crippen LogP contribution in [-0.4, -0.2) is 16.6 Å². The van der Waals surface area contributed by atoms with Crippen LogP contribution in [0.25, 0.3) is 10.9 Å². The molecule has 3 aromatic carbocycles. The SMILES string of the molecule is CC(=O)c1cccc(C(=O)Cc2ccc(Nc3ccnc4ccc(C)cc34)cc2)c1. The minimum absolute atomic E-state index is 0.00517. The van der Waals surface area contributed by atoms with Gasteiger partial charge in [-0.05, 0) is 55.8 Å². The molecule has 0 atom stereocenters. The molecule has 1 heterocycles. The molecule has 4 rings (SSSR count). The molecule has 0 amide bonds. The third-order valence-electron chi connectivity index (χ3n) is 5.09. The number of nitrogens with one attached hydrogen (secondary N) is 1. The molecule has 0 unspecified atom stereocenters. The maximum Gasteiger partial charge on any atom is 0.167 e. The molecule has 0 saturated carbocycles. The fraction of sp³-hybridized carbons (Fsp3) is 0.115. The zero-order chi connectivity index (χ0) is 21.1. The summed E-state index contributed by atoms with van der Waals surface area (Å²) in [5.41, 5.74) is 6.10. The van der Waals surface area contributed by atoms with Crippen LogP contribution in [0.5, 0.6) is 0 Å². The number of benzene rings is 3. The highest BCUT2D eigenvalue weighted by atomic mass is 16.1. The number of pyridine rings is 1.